The molecule has 2 aromatic rings. The highest BCUT2D eigenvalue weighted by Gasteiger charge is 2.10. The van der Waals surface area contributed by atoms with Crippen LogP contribution < -0.4 is 5.73 Å². The van der Waals surface area contributed by atoms with E-state index in [9.17, 15) is 0 Å². The molecule has 0 spiro atoms. The van der Waals surface area contributed by atoms with Crippen molar-refractivity contribution in [2.24, 2.45) is 5.73 Å². The molecule has 2 N–H and O–H groups in total. The van der Waals surface area contributed by atoms with Gasteiger partial charge in [0.05, 0.1) is 4.88 Å². The van der Waals surface area contributed by atoms with Gasteiger partial charge in [-0.3, -0.25) is 0 Å². The van der Waals surface area contributed by atoms with Gasteiger partial charge < -0.3 is 5.73 Å². The third-order valence-electron chi connectivity index (χ3n) is 1.75. The van der Waals surface area contributed by atoms with Crippen LogP contribution in [0, 0.1) is 0 Å². The Morgan fingerprint density at radius 2 is 2.36 bits per heavy atom. The molecule has 0 atom stereocenters. The van der Waals surface area contributed by atoms with Gasteiger partial charge in [-0.2, -0.15) is 0 Å². The van der Waals surface area contributed by atoms with E-state index < -0.39 is 0 Å². The molecule has 2 nitrogen and oxygen atoms in total. The predicted molar refractivity (Wildman–Crippen MR) is 63.2 cm³/mol. The van der Waals surface area contributed by atoms with E-state index >= 15 is 0 Å². The Hall–Kier alpha value is -0.420. The molecule has 0 fully saturated rings. The second kappa shape index (κ2) is 4.40. The van der Waals surface area contributed by atoms with E-state index in [1.54, 1.807) is 22.7 Å². The maximum Gasteiger partial charge on any atom is 0.143 e. The lowest BCUT2D eigenvalue weighted by atomic mass is 10.4. The Bertz CT molecular complexity index is 408. The molecule has 14 heavy (non-hydrogen) atoms. The average Bonchev–Trinajstić information content (AvgIpc) is 2.76. The van der Waals surface area contributed by atoms with Crippen molar-refractivity contribution in [2.45, 2.75) is 6.42 Å². The van der Waals surface area contributed by atoms with Gasteiger partial charge in [-0.1, -0.05) is 17.7 Å². The molecule has 0 unspecified atom stereocenters. The van der Waals surface area contributed by atoms with Crippen molar-refractivity contribution in [1.82, 2.24) is 4.98 Å². The maximum absolute atomic E-state index is 5.99. The number of thiazole rings is 1. The van der Waals surface area contributed by atoms with Crippen molar-refractivity contribution in [1.29, 1.82) is 0 Å². The Kier molecular flexibility index (Phi) is 3.18. The van der Waals surface area contributed by atoms with Gasteiger partial charge in [0, 0.05) is 4.88 Å². The van der Waals surface area contributed by atoms with E-state index in [-0.39, 0.29) is 0 Å². The first kappa shape index (κ1) is 10.1. The Balaban J connectivity index is 2.33. The van der Waals surface area contributed by atoms with Crippen LogP contribution in [0.5, 0.6) is 0 Å². The number of thiophene rings is 1. The summed E-state index contributed by atoms with van der Waals surface area (Å²) in [6.07, 6.45) is 0.807. The van der Waals surface area contributed by atoms with Gasteiger partial charge in [0.15, 0.2) is 0 Å². The number of nitrogens with two attached hydrogens (primary N) is 1. The normalized spacial score (nSPS) is 10.7. The minimum absolute atomic E-state index is 0.601. The summed E-state index contributed by atoms with van der Waals surface area (Å²) in [5.74, 6) is 0. The van der Waals surface area contributed by atoms with Gasteiger partial charge in [-0.25, -0.2) is 4.98 Å². The van der Waals surface area contributed by atoms with E-state index in [1.165, 1.54) is 4.88 Å². The van der Waals surface area contributed by atoms with Crippen LogP contribution in [0.3, 0.4) is 0 Å². The molecule has 2 aromatic heterocycles. The summed E-state index contributed by atoms with van der Waals surface area (Å²) in [4.78, 5) is 6.56. The Labute approximate surface area is 95.4 Å². The van der Waals surface area contributed by atoms with Crippen molar-refractivity contribution in [3.05, 3.63) is 27.5 Å². The lowest BCUT2D eigenvalue weighted by Gasteiger charge is -1.89. The standard InChI is InChI=1S/C9H9ClN2S2/c10-8-6(3-4-11)14-9(12-8)7-2-1-5-13-7/h1-2,5H,3-4,11H2. The fraction of sp³-hybridized carbons (Fsp3) is 0.222. The minimum Gasteiger partial charge on any atom is -0.330 e. The zero-order valence-electron chi connectivity index (χ0n) is 7.37. The lowest BCUT2D eigenvalue weighted by molar-refractivity contribution is 0.984. The van der Waals surface area contributed by atoms with Crippen LogP contribution in [0.25, 0.3) is 9.88 Å². The van der Waals surface area contributed by atoms with Crippen LogP contribution in [-0.2, 0) is 6.42 Å². The van der Waals surface area contributed by atoms with Gasteiger partial charge >= 0.3 is 0 Å². The molecule has 74 valence electrons. The number of halogens is 1. The fourth-order valence-electron chi connectivity index (χ4n) is 1.12. The van der Waals surface area contributed by atoms with Crippen LogP contribution >= 0.6 is 34.3 Å². The second-order valence-electron chi connectivity index (χ2n) is 2.75. The largest absolute Gasteiger partial charge is 0.330 e. The summed E-state index contributed by atoms with van der Waals surface area (Å²) in [5.41, 5.74) is 5.48. The first-order valence-corrected chi connectivity index (χ1v) is 6.28. The zero-order chi connectivity index (χ0) is 9.97. The van der Waals surface area contributed by atoms with Gasteiger partial charge in [0.25, 0.3) is 0 Å². The van der Waals surface area contributed by atoms with Crippen molar-refractivity contribution in [3.63, 3.8) is 0 Å². The number of hydrogen-bond donors (Lipinski definition) is 1. The molecule has 0 aromatic carbocycles. The van der Waals surface area contributed by atoms with E-state index in [0.717, 1.165) is 16.3 Å². The highest BCUT2D eigenvalue weighted by atomic mass is 35.5. The van der Waals surface area contributed by atoms with Crippen LogP contribution in [0.4, 0.5) is 0 Å². The molecule has 0 aliphatic heterocycles. The zero-order valence-corrected chi connectivity index (χ0v) is 9.75. The molecule has 0 radical (unpaired) electrons. The van der Waals surface area contributed by atoms with Crippen molar-refractivity contribution in [3.8, 4) is 9.88 Å². The second-order valence-corrected chi connectivity index (χ2v) is 5.14. The smallest absolute Gasteiger partial charge is 0.143 e. The third kappa shape index (κ3) is 1.98. The van der Waals surface area contributed by atoms with Gasteiger partial charge in [-0.05, 0) is 24.4 Å². The summed E-state index contributed by atoms with van der Waals surface area (Å²) in [6.45, 7) is 0.617. The van der Waals surface area contributed by atoms with E-state index in [0.29, 0.717) is 11.7 Å². The molecule has 0 bridgehead atoms. The van der Waals surface area contributed by atoms with Crippen LogP contribution in [0.2, 0.25) is 5.15 Å². The maximum atomic E-state index is 5.99. The minimum atomic E-state index is 0.601. The summed E-state index contributed by atoms with van der Waals surface area (Å²) in [7, 11) is 0. The summed E-state index contributed by atoms with van der Waals surface area (Å²) in [5, 5.41) is 3.63. The van der Waals surface area contributed by atoms with E-state index in [4.69, 9.17) is 17.3 Å². The summed E-state index contributed by atoms with van der Waals surface area (Å²) >= 11 is 9.29. The molecular weight excluding hydrogens is 236 g/mol. The van der Waals surface area contributed by atoms with E-state index in [1.807, 2.05) is 17.5 Å². The lowest BCUT2D eigenvalue weighted by Crippen LogP contribution is -2.01. The van der Waals surface area contributed by atoms with Gasteiger partial charge in [-0.15, -0.1) is 22.7 Å². The molecule has 2 heterocycles. The quantitative estimate of drug-likeness (QED) is 0.902. The predicted octanol–water partition coefficient (Wildman–Crippen LogP) is 3.03. The molecule has 5 heteroatoms. The Morgan fingerprint density at radius 3 is 3.00 bits per heavy atom. The van der Waals surface area contributed by atoms with Crippen LogP contribution in [0.1, 0.15) is 4.88 Å². The molecule has 0 aliphatic rings. The number of nitrogens with zero attached hydrogens (tertiary/aromatic N) is 1. The highest BCUT2D eigenvalue weighted by molar-refractivity contribution is 7.21. The van der Waals surface area contributed by atoms with Gasteiger partial charge in [0.2, 0.25) is 0 Å². The Morgan fingerprint density at radius 1 is 1.50 bits per heavy atom. The number of aromatic nitrogens is 1. The first-order valence-electron chi connectivity index (χ1n) is 4.20. The fourth-order valence-corrected chi connectivity index (χ4v) is 3.23. The highest BCUT2D eigenvalue weighted by Crippen LogP contribution is 2.33. The molecule has 0 aliphatic carbocycles. The van der Waals surface area contributed by atoms with Crippen molar-refractivity contribution >= 4 is 34.3 Å². The molecule has 0 saturated heterocycles. The molecule has 0 amide bonds. The number of hydrogen-bond acceptors (Lipinski definition) is 4. The average molecular weight is 245 g/mol. The first-order chi connectivity index (χ1) is 6.81. The molecular formula is C9H9ClN2S2. The number of rotatable bonds is 3. The van der Waals surface area contributed by atoms with Crippen molar-refractivity contribution in [2.75, 3.05) is 6.54 Å². The van der Waals surface area contributed by atoms with Crippen LogP contribution in [0.15, 0.2) is 17.5 Å². The molecule has 2 rings (SSSR count). The SMILES string of the molecule is NCCc1sc(-c2cccs2)nc1Cl. The monoisotopic (exact) mass is 244 g/mol. The molecule has 0 saturated carbocycles. The van der Waals surface area contributed by atoms with Gasteiger partial charge in [0.1, 0.15) is 10.2 Å². The van der Waals surface area contributed by atoms with Crippen molar-refractivity contribution < 1.29 is 0 Å². The summed E-state index contributed by atoms with van der Waals surface area (Å²) in [6, 6.07) is 4.06. The van der Waals surface area contributed by atoms with Crippen LogP contribution in [-0.4, -0.2) is 11.5 Å². The summed E-state index contributed by atoms with van der Waals surface area (Å²) < 4.78 is 0. The van der Waals surface area contributed by atoms with E-state index in [2.05, 4.69) is 4.98 Å². The third-order valence-corrected chi connectivity index (χ3v) is 4.33. The topological polar surface area (TPSA) is 38.9 Å².